The minimum Gasteiger partial charge on any atom is -0.471 e. The van der Waals surface area contributed by atoms with Crippen LogP contribution in [0, 0.1) is 5.82 Å². The normalized spacial score (nSPS) is 10.5. The van der Waals surface area contributed by atoms with Gasteiger partial charge < -0.3 is 9.47 Å². The van der Waals surface area contributed by atoms with Crippen LogP contribution in [0.1, 0.15) is 6.92 Å². The minimum absolute atomic E-state index is 0.295. The van der Waals surface area contributed by atoms with Crippen LogP contribution in [0.4, 0.5) is 9.52 Å². The highest BCUT2D eigenvalue weighted by atomic mass is 32.1. The third-order valence-corrected chi connectivity index (χ3v) is 4.05. The highest BCUT2D eigenvalue weighted by molar-refractivity contribution is 7.80. The van der Waals surface area contributed by atoms with Crippen molar-refractivity contribution in [2.75, 3.05) is 11.9 Å². The van der Waals surface area contributed by atoms with E-state index in [1.165, 1.54) is 23.5 Å². The molecule has 0 fully saturated rings. The number of hydrogen-bond donors (Lipinski definition) is 1. The van der Waals surface area contributed by atoms with Crippen molar-refractivity contribution >= 4 is 44.1 Å². The molecule has 4 nitrogen and oxygen atoms in total. The van der Waals surface area contributed by atoms with Crippen LogP contribution in [0.3, 0.4) is 0 Å². The van der Waals surface area contributed by atoms with Crippen molar-refractivity contribution in [2.24, 2.45) is 0 Å². The van der Waals surface area contributed by atoms with E-state index in [9.17, 15) is 4.39 Å². The largest absolute Gasteiger partial charge is 0.471 e. The predicted octanol–water partition coefficient (Wildman–Crippen LogP) is 4.96. The van der Waals surface area contributed by atoms with Crippen LogP contribution >= 0.6 is 23.6 Å². The van der Waals surface area contributed by atoms with Gasteiger partial charge in [0, 0.05) is 6.07 Å². The van der Waals surface area contributed by atoms with E-state index >= 15 is 0 Å². The van der Waals surface area contributed by atoms with Crippen molar-refractivity contribution in [1.29, 1.82) is 0 Å². The van der Waals surface area contributed by atoms with E-state index in [4.69, 9.17) is 21.7 Å². The summed E-state index contributed by atoms with van der Waals surface area (Å²) in [5.74, 6) is 0.939. The molecule has 0 aliphatic carbocycles. The van der Waals surface area contributed by atoms with E-state index in [1.54, 1.807) is 12.1 Å². The van der Waals surface area contributed by atoms with Crippen molar-refractivity contribution in [3.05, 3.63) is 48.3 Å². The van der Waals surface area contributed by atoms with E-state index in [2.05, 4.69) is 10.3 Å². The molecule has 0 spiro atoms. The highest BCUT2D eigenvalue weighted by Gasteiger charge is 2.08. The van der Waals surface area contributed by atoms with Crippen LogP contribution in [-0.4, -0.2) is 16.8 Å². The number of nitrogens with one attached hydrogen (secondary N) is 1. The van der Waals surface area contributed by atoms with Crippen LogP contribution in [0.25, 0.3) is 10.2 Å². The summed E-state index contributed by atoms with van der Waals surface area (Å²) in [6, 6.07) is 11.4. The molecule has 0 unspecified atom stereocenters. The van der Waals surface area contributed by atoms with Gasteiger partial charge in [-0.3, -0.25) is 5.32 Å². The standard InChI is InChI=1S/C16H13FN2O2S2/c1-2-20-16(22)19-15-18-13-8-7-12(9-14(13)23-15)21-11-5-3-10(17)4-6-11/h3-9H,2H2,1H3,(H,18,19,22). The molecule has 1 heterocycles. The lowest BCUT2D eigenvalue weighted by atomic mass is 10.3. The Bertz CT molecular complexity index is 834. The molecule has 1 aromatic heterocycles. The van der Waals surface area contributed by atoms with Crippen LogP contribution in [0.15, 0.2) is 42.5 Å². The molecule has 23 heavy (non-hydrogen) atoms. The van der Waals surface area contributed by atoms with E-state index < -0.39 is 0 Å². The van der Waals surface area contributed by atoms with Crippen molar-refractivity contribution in [3.8, 4) is 11.5 Å². The van der Waals surface area contributed by atoms with Gasteiger partial charge >= 0.3 is 0 Å². The van der Waals surface area contributed by atoms with Gasteiger partial charge in [-0.25, -0.2) is 9.37 Å². The molecule has 2 aromatic carbocycles. The molecule has 0 saturated heterocycles. The number of ether oxygens (including phenoxy) is 2. The average Bonchev–Trinajstić information content (AvgIpc) is 2.91. The van der Waals surface area contributed by atoms with Crippen molar-refractivity contribution < 1.29 is 13.9 Å². The Morgan fingerprint density at radius 2 is 1.96 bits per heavy atom. The molecule has 0 aliphatic heterocycles. The second-order valence-corrected chi connectivity index (χ2v) is 5.95. The first kappa shape index (κ1) is 15.6. The molecule has 0 atom stereocenters. The molecular formula is C16H13FN2O2S2. The van der Waals surface area contributed by atoms with E-state index in [0.717, 1.165) is 10.2 Å². The smallest absolute Gasteiger partial charge is 0.262 e. The number of aromatic nitrogens is 1. The number of nitrogens with zero attached hydrogens (tertiary/aromatic N) is 1. The molecule has 1 N–H and O–H groups in total. The highest BCUT2D eigenvalue weighted by Crippen LogP contribution is 2.31. The van der Waals surface area contributed by atoms with Gasteiger partial charge in [-0.05, 0) is 55.5 Å². The van der Waals surface area contributed by atoms with Crippen LogP contribution in [0.2, 0.25) is 0 Å². The maximum Gasteiger partial charge on any atom is 0.262 e. The van der Waals surface area contributed by atoms with Crippen molar-refractivity contribution in [2.45, 2.75) is 6.92 Å². The Balaban J connectivity index is 1.78. The maximum absolute atomic E-state index is 12.9. The number of thiazole rings is 1. The van der Waals surface area contributed by atoms with Gasteiger partial charge in [-0.2, -0.15) is 0 Å². The SMILES string of the molecule is CCOC(=S)Nc1nc2ccc(Oc3ccc(F)cc3)cc2s1. The Morgan fingerprint density at radius 3 is 2.70 bits per heavy atom. The van der Waals surface area contributed by atoms with Gasteiger partial charge in [-0.15, -0.1) is 0 Å². The zero-order valence-corrected chi connectivity index (χ0v) is 13.8. The molecule has 0 amide bonds. The van der Waals surface area contributed by atoms with E-state index in [1.807, 2.05) is 25.1 Å². The first-order chi connectivity index (χ1) is 11.1. The lowest BCUT2D eigenvalue weighted by molar-refractivity contribution is 0.335. The second-order valence-electron chi connectivity index (χ2n) is 4.55. The molecule has 7 heteroatoms. The van der Waals surface area contributed by atoms with Gasteiger partial charge in [0.05, 0.1) is 16.8 Å². The van der Waals surface area contributed by atoms with Gasteiger partial charge in [0.1, 0.15) is 17.3 Å². The summed E-state index contributed by atoms with van der Waals surface area (Å²) in [4.78, 5) is 4.43. The van der Waals surface area contributed by atoms with E-state index in [0.29, 0.717) is 28.4 Å². The Kier molecular flexibility index (Phi) is 4.68. The molecule has 0 radical (unpaired) electrons. The fourth-order valence-corrected chi connectivity index (χ4v) is 3.08. The molecule has 0 saturated carbocycles. The first-order valence-electron chi connectivity index (χ1n) is 6.92. The van der Waals surface area contributed by atoms with Crippen LogP contribution in [-0.2, 0) is 4.74 Å². The zero-order chi connectivity index (χ0) is 16.2. The number of halogens is 1. The number of anilines is 1. The second kappa shape index (κ2) is 6.89. The number of thiocarbonyl (C=S) groups is 1. The fraction of sp³-hybridized carbons (Fsp3) is 0.125. The number of benzene rings is 2. The average molecular weight is 348 g/mol. The van der Waals surface area contributed by atoms with Gasteiger partial charge in [0.25, 0.3) is 5.17 Å². The summed E-state index contributed by atoms with van der Waals surface area (Å²) < 4.78 is 24.8. The molecule has 0 bridgehead atoms. The Labute approximate surface area is 141 Å². The summed E-state index contributed by atoms with van der Waals surface area (Å²) in [6.07, 6.45) is 0. The summed E-state index contributed by atoms with van der Waals surface area (Å²) in [6.45, 7) is 2.37. The predicted molar refractivity (Wildman–Crippen MR) is 93.9 cm³/mol. The lowest BCUT2D eigenvalue weighted by Crippen LogP contribution is -2.12. The molecular weight excluding hydrogens is 335 g/mol. The number of hydrogen-bond acceptors (Lipinski definition) is 5. The monoisotopic (exact) mass is 348 g/mol. The zero-order valence-electron chi connectivity index (χ0n) is 12.2. The third-order valence-electron chi connectivity index (χ3n) is 2.89. The summed E-state index contributed by atoms with van der Waals surface area (Å²) in [7, 11) is 0. The summed E-state index contributed by atoms with van der Waals surface area (Å²) in [5, 5.41) is 3.91. The van der Waals surface area contributed by atoms with Crippen molar-refractivity contribution in [1.82, 2.24) is 4.98 Å². The van der Waals surface area contributed by atoms with E-state index in [-0.39, 0.29) is 5.82 Å². The van der Waals surface area contributed by atoms with Gasteiger partial charge in [-0.1, -0.05) is 11.3 Å². The van der Waals surface area contributed by atoms with Crippen LogP contribution < -0.4 is 10.1 Å². The third kappa shape index (κ3) is 3.94. The summed E-state index contributed by atoms with van der Waals surface area (Å²) in [5.41, 5.74) is 0.836. The minimum atomic E-state index is -0.295. The number of rotatable bonds is 4. The fourth-order valence-electron chi connectivity index (χ4n) is 1.92. The maximum atomic E-state index is 12.9. The van der Waals surface area contributed by atoms with Gasteiger partial charge in [0.2, 0.25) is 0 Å². The number of fused-ring (bicyclic) bond motifs is 1. The Morgan fingerprint density at radius 1 is 1.22 bits per heavy atom. The van der Waals surface area contributed by atoms with Crippen LogP contribution in [0.5, 0.6) is 11.5 Å². The molecule has 118 valence electrons. The summed E-state index contributed by atoms with van der Waals surface area (Å²) >= 11 is 6.49. The molecule has 3 rings (SSSR count). The van der Waals surface area contributed by atoms with Crippen molar-refractivity contribution in [3.63, 3.8) is 0 Å². The molecule has 0 aliphatic rings. The van der Waals surface area contributed by atoms with Gasteiger partial charge in [0.15, 0.2) is 5.13 Å². The lowest BCUT2D eigenvalue weighted by Gasteiger charge is -2.04. The first-order valence-corrected chi connectivity index (χ1v) is 8.14. The topological polar surface area (TPSA) is 43.4 Å². The Hall–Kier alpha value is -2.25. The molecule has 3 aromatic rings. The quantitative estimate of drug-likeness (QED) is 0.675.